The third kappa shape index (κ3) is 2.03. The summed E-state index contributed by atoms with van der Waals surface area (Å²) >= 11 is 1.58. The zero-order valence-corrected chi connectivity index (χ0v) is 11.6. The Bertz CT molecular complexity index is 472. The minimum Gasteiger partial charge on any atom is -0.397 e. The SMILES string of the molecule is CCC(=O)c1sc(NC2CCC2)c(C2CC2)c1N. The summed E-state index contributed by atoms with van der Waals surface area (Å²) < 4.78 is 0. The number of rotatable bonds is 5. The Labute approximate surface area is 112 Å². The minimum absolute atomic E-state index is 0.182. The Morgan fingerprint density at radius 3 is 2.61 bits per heavy atom. The van der Waals surface area contributed by atoms with Crippen LogP contribution in [-0.4, -0.2) is 11.8 Å². The Balaban J connectivity index is 1.92. The van der Waals surface area contributed by atoms with Gasteiger partial charge in [-0.05, 0) is 38.0 Å². The van der Waals surface area contributed by atoms with E-state index in [1.165, 1.54) is 42.7 Å². The van der Waals surface area contributed by atoms with Crippen molar-refractivity contribution in [3.05, 3.63) is 10.4 Å². The number of hydrogen-bond acceptors (Lipinski definition) is 4. The van der Waals surface area contributed by atoms with E-state index in [9.17, 15) is 4.79 Å². The summed E-state index contributed by atoms with van der Waals surface area (Å²) in [6.45, 7) is 1.90. The van der Waals surface area contributed by atoms with Gasteiger partial charge >= 0.3 is 0 Å². The van der Waals surface area contributed by atoms with Gasteiger partial charge in [0.2, 0.25) is 0 Å². The van der Waals surface area contributed by atoms with Gasteiger partial charge in [-0.3, -0.25) is 4.79 Å². The second kappa shape index (κ2) is 4.57. The van der Waals surface area contributed by atoms with Crippen molar-refractivity contribution in [2.75, 3.05) is 11.1 Å². The number of nitrogen functional groups attached to an aromatic ring is 1. The van der Waals surface area contributed by atoms with Gasteiger partial charge in [0.1, 0.15) is 0 Å². The number of hydrogen-bond donors (Lipinski definition) is 2. The molecule has 0 amide bonds. The van der Waals surface area contributed by atoms with Gasteiger partial charge in [-0.25, -0.2) is 0 Å². The molecule has 0 saturated heterocycles. The first-order chi connectivity index (χ1) is 8.70. The maximum absolute atomic E-state index is 11.9. The number of Topliss-reactive ketones (excluding diaryl/α,β-unsaturated/α-hetero) is 1. The average molecular weight is 264 g/mol. The van der Waals surface area contributed by atoms with Gasteiger partial charge in [-0.15, -0.1) is 11.3 Å². The summed E-state index contributed by atoms with van der Waals surface area (Å²) in [4.78, 5) is 12.7. The van der Waals surface area contributed by atoms with Crippen molar-refractivity contribution < 1.29 is 4.79 Å². The zero-order valence-electron chi connectivity index (χ0n) is 10.8. The van der Waals surface area contributed by atoms with E-state index < -0.39 is 0 Å². The number of thiophene rings is 1. The molecule has 2 aliphatic rings. The molecular weight excluding hydrogens is 244 g/mol. The van der Waals surface area contributed by atoms with Crippen LogP contribution >= 0.6 is 11.3 Å². The van der Waals surface area contributed by atoms with Gasteiger partial charge in [-0.2, -0.15) is 0 Å². The number of carbonyl (C=O) groups excluding carboxylic acids is 1. The molecule has 0 atom stereocenters. The second-order valence-electron chi connectivity index (χ2n) is 5.41. The number of anilines is 2. The summed E-state index contributed by atoms with van der Waals surface area (Å²) in [5, 5.41) is 4.77. The molecule has 0 aromatic carbocycles. The Morgan fingerprint density at radius 2 is 2.11 bits per heavy atom. The number of ketones is 1. The van der Waals surface area contributed by atoms with Crippen LogP contribution in [0.2, 0.25) is 0 Å². The topological polar surface area (TPSA) is 55.1 Å². The fourth-order valence-electron chi connectivity index (χ4n) is 2.45. The van der Waals surface area contributed by atoms with Crippen LogP contribution in [-0.2, 0) is 0 Å². The van der Waals surface area contributed by atoms with Crippen LogP contribution in [0.15, 0.2) is 0 Å². The van der Waals surface area contributed by atoms with Crippen LogP contribution in [0.3, 0.4) is 0 Å². The average Bonchev–Trinajstić information content (AvgIpc) is 3.08. The molecule has 98 valence electrons. The van der Waals surface area contributed by atoms with Gasteiger partial charge in [0.15, 0.2) is 5.78 Å². The molecule has 4 heteroatoms. The van der Waals surface area contributed by atoms with E-state index in [4.69, 9.17) is 5.73 Å². The highest BCUT2D eigenvalue weighted by Crippen LogP contribution is 2.51. The molecule has 0 bridgehead atoms. The molecule has 2 aliphatic carbocycles. The van der Waals surface area contributed by atoms with Crippen LogP contribution < -0.4 is 11.1 Å². The van der Waals surface area contributed by atoms with E-state index in [0.717, 1.165) is 10.6 Å². The Kier molecular flexibility index (Phi) is 3.06. The maximum Gasteiger partial charge on any atom is 0.174 e. The first-order valence-corrected chi connectivity index (χ1v) is 7.74. The molecule has 2 fully saturated rings. The van der Waals surface area contributed by atoms with E-state index in [-0.39, 0.29) is 5.78 Å². The van der Waals surface area contributed by atoms with E-state index in [2.05, 4.69) is 5.32 Å². The Morgan fingerprint density at radius 1 is 1.39 bits per heavy atom. The normalized spacial score (nSPS) is 19.6. The van der Waals surface area contributed by atoms with Crippen molar-refractivity contribution in [2.24, 2.45) is 0 Å². The molecule has 0 spiro atoms. The number of nitrogens with one attached hydrogen (secondary N) is 1. The summed E-state index contributed by atoms with van der Waals surface area (Å²) in [5.74, 6) is 0.781. The molecule has 0 unspecified atom stereocenters. The minimum atomic E-state index is 0.182. The standard InChI is InChI=1S/C14H20N2OS/c1-2-10(17)13-12(15)11(8-6-7-8)14(18-13)16-9-4-3-5-9/h8-9,16H,2-7,15H2,1H3. The first-order valence-electron chi connectivity index (χ1n) is 6.92. The summed E-state index contributed by atoms with van der Waals surface area (Å²) in [7, 11) is 0. The number of nitrogens with two attached hydrogens (primary N) is 1. The second-order valence-corrected chi connectivity index (χ2v) is 6.43. The molecule has 3 N–H and O–H groups in total. The lowest BCUT2D eigenvalue weighted by Gasteiger charge is -2.27. The van der Waals surface area contributed by atoms with Gasteiger partial charge in [0.25, 0.3) is 0 Å². The largest absolute Gasteiger partial charge is 0.397 e. The van der Waals surface area contributed by atoms with Crippen LogP contribution in [0.25, 0.3) is 0 Å². The molecule has 3 rings (SSSR count). The number of carbonyl (C=O) groups is 1. The fourth-order valence-corrected chi connectivity index (χ4v) is 3.74. The molecular formula is C14H20N2OS. The van der Waals surface area contributed by atoms with Crippen LogP contribution in [0.1, 0.15) is 66.6 Å². The smallest absolute Gasteiger partial charge is 0.174 e. The summed E-state index contributed by atoms with van der Waals surface area (Å²) in [6, 6.07) is 0.602. The molecule has 0 aliphatic heterocycles. The van der Waals surface area contributed by atoms with Crippen molar-refractivity contribution in [2.45, 2.75) is 57.4 Å². The lowest BCUT2D eigenvalue weighted by molar-refractivity contribution is 0.0993. The summed E-state index contributed by atoms with van der Waals surface area (Å²) in [6.07, 6.45) is 6.80. The van der Waals surface area contributed by atoms with Crippen molar-refractivity contribution in [3.8, 4) is 0 Å². The predicted molar refractivity (Wildman–Crippen MR) is 76.6 cm³/mol. The lowest BCUT2D eigenvalue weighted by Crippen LogP contribution is -2.26. The molecule has 1 aromatic rings. The zero-order chi connectivity index (χ0) is 12.7. The quantitative estimate of drug-likeness (QED) is 0.796. The Hall–Kier alpha value is -1.03. The van der Waals surface area contributed by atoms with E-state index in [1.54, 1.807) is 11.3 Å². The monoisotopic (exact) mass is 264 g/mol. The fraction of sp³-hybridized carbons (Fsp3) is 0.643. The molecule has 1 heterocycles. The van der Waals surface area contributed by atoms with Gasteiger partial charge < -0.3 is 11.1 Å². The van der Waals surface area contributed by atoms with E-state index in [1.807, 2.05) is 6.92 Å². The van der Waals surface area contributed by atoms with Crippen molar-refractivity contribution in [1.82, 2.24) is 0 Å². The maximum atomic E-state index is 11.9. The van der Waals surface area contributed by atoms with Crippen molar-refractivity contribution in [1.29, 1.82) is 0 Å². The molecule has 2 saturated carbocycles. The van der Waals surface area contributed by atoms with E-state index >= 15 is 0 Å². The van der Waals surface area contributed by atoms with Gasteiger partial charge in [-0.1, -0.05) is 6.92 Å². The van der Waals surface area contributed by atoms with Gasteiger partial charge in [0, 0.05) is 18.0 Å². The molecule has 3 nitrogen and oxygen atoms in total. The third-order valence-electron chi connectivity index (χ3n) is 3.98. The highest BCUT2D eigenvalue weighted by molar-refractivity contribution is 7.18. The van der Waals surface area contributed by atoms with Crippen molar-refractivity contribution in [3.63, 3.8) is 0 Å². The molecule has 0 radical (unpaired) electrons. The summed E-state index contributed by atoms with van der Waals surface area (Å²) in [5.41, 5.74) is 8.21. The lowest BCUT2D eigenvalue weighted by atomic mass is 9.93. The first kappa shape index (κ1) is 12.0. The highest BCUT2D eigenvalue weighted by Gasteiger charge is 2.33. The van der Waals surface area contributed by atoms with Crippen LogP contribution in [0.4, 0.5) is 10.7 Å². The highest BCUT2D eigenvalue weighted by atomic mass is 32.1. The van der Waals surface area contributed by atoms with Gasteiger partial charge in [0.05, 0.1) is 15.6 Å². The van der Waals surface area contributed by atoms with E-state index in [0.29, 0.717) is 18.4 Å². The van der Waals surface area contributed by atoms with Crippen molar-refractivity contribution >= 4 is 27.8 Å². The predicted octanol–water partition coefficient (Wildman–Crippen LogP) is 3.76. The third-order valence-corrected chi connectivity index (χ3v) is 5.18. The van der Waals surface area contributed by atoms with Crippen LogP contribution in [0, 0.1) is 0 Å². The molecule has 1 aromatic heterocycles. The molecule has 18 heavy (non-hydrogen) atoms. The van der Waals surface area contributed by atoms with Crippen LogP contribution in [0.5, 0.6) is 0 Å².